The van der Waals surface area contributed by atoms with Crippen molar-refractivity contribution in [3.63, 3.8) is 0 Å². The molecule has 0 spiro atoms. The van der Waals surface area contributed by atoms with E-state index in [0.29, 0.717) is 5.92 Å². The molecule has 0 atom stereocenters. The number of nitrogens with zero attached hydrogens (tertiary/aromatic N) is 2. The Morgan fingerprint density at radius 1 is 1.57 bits per heavy atom. The third-order valence-corrected chi connectivity index (χ3v) is 3.49. The highest BCUT2D eigenvalue weighted by atomic mass is 79.9. The maximum Gasteiger partial charge on any atom is 0.112 e. The van der Waals surface area contributed by atoms with Crippen molar-refractivity contribution in [1.29, 1.82) is 0 Å². The van der Waals surface area contributed by atoms with Crippen molar-refractivity contribution in [1.82, 2.24) is 14.9 Å². The Balaban J connectivity index is 2.21. The van der Waals surface area contributed by atoms with Crippen LogP contribution in [-0.2, 0) is 6.54 Å². The third-order valence-electron chi connectivity index (χ3n) is 2.86. The first-order valence-corrected chi connectivity index (χ1v) is 6.04. The summed E-state index contributed by atoms with van der Waals surface area (Å²) in [5, 5.41) is 3.38. The van der Waals surface area contributed by atoms with Gasteiger partial charge in [-0.3, -0.25) is 0 Å². The monoisotopic (exact) mass is 257 g/mol. The minimum atomic E-state index is 0.641. The number of nitrogens with one attached hydrogen (secondary N) is 1. The Bertz CT molecular complexity index is 302. The molecule has 2 heterocycles. The van der Waals surface area contributed by atoms with E-state index in [0.717, 1.165) is 24.2 Å². The molecule has 0 bridgehead atoms. The minimum absolute atomic E-state index is 0.641. The summed E-state index contributed by atoms with van der Waals surface area (Å²) in [6.07, 6.45) is 4.34. The van der Waals surface area contributed by atoms with E-state index in [9.17, 15) is 0 Å². The molecule has 1 aromatic heterocycles. The van der Waals surface area contributed by atoms with Crippen molar-refractivity contribution >= 4 is 15.9 Å². The Morgan fingerprint density at radius 2 is 2.29 bits per heavy atom. The lowest BCUT2D eigenvalue weighted by molar-refractivity contribution is 0.431. The van der Waals surface area contributed by atoms with Crippen molar-refractivity contribution < 1.29 is 0 Å². The maximum absolute atomic E-state index is 4.50. The summed E-state index contributed by atoms with van der Waals surface area (Å²) in [5.41, 5.74) is 0. The summed E-state index contributed by atoms with van der Waals surface area (Å²) in [6, 6.07) is 0. The second-order valence-corrected chi connectivity index (χ2v) is 4.52. The fraction of sp³-hybridized carbons (Fsp3) is 0.700. The zero-order chi connectivity index (χ0) is 9.97. The molecule has 0 unspecified atom stereocenters. The molecule has 3 nitrogen and oxygen atoms in total. The maximum atomic E-state index is 4.50. The van der Waals surface area contributed by atoms with Crippen LogP contribution in [0.15, 0.2) is 10.8 Å². The number of halogens is 1. The van der Waals surface area contributed by atoms with Crippen LogP contribution in [0.3, 0.4) is 0 Å². The van der Waals surface area contributed by atoms with E-state index in [1.165, 1.54) is 18.7 Å². The van der Waals surface area contributed by atoms with Gasteiger partial charge in [-0.1, -0.05) is 0 Å². The van der Waals surface area contributed by atoms with E-state index < -0.39 is 0 Å². The Kier molecular flexibility index (Phi) is 3.23. The van der Waals surface area contributed by atoms with Crippen molar-refractivity contribution in [2.45, 2.75) is 32.2 Å². The smallest absolute Gasteiger partial charge is 0.112 e. The molecular formula is C10H16BrN3. The standard InChI is InChI=1S/C10H16BrN3/c1-2-14-9(11)7-13-10(14)8-3-5-12-6-4-8/h7-8,12H,2-6H2,1H3. The molecule has 1 N–H and O–H groups in total. The molecular weight excluding hydrogens is 242 g/mol. The molecule has 1 aliphatic rings. The molecule has 14 heavy (non-hydrogen) atoms. The van der Waals surface area contributed by atoms with Crippen LogP contribution in [0.25, 0.3) is 0 Å². The van der Waals surface area contributed by atoms with Gasteiger partial charge >= 0.3 is 0 Å². The highest BCUT2D eigenvalue weighted by molar-refractivity contribution is 9.10. The van der Waals surface area contributed by atoms with Gasteiger partial charge in [0.25, 0.3) is 0 Å². The van der Waals surface area contributed by atoms with Crippen molar-refractivity contribution in [2.75, 3.05) is 13.1 Å². The van der Waals surface area contributed by atoms with Crippen LogP contribution >= 0.6 is 15.9 Å². The van der Waals surface area contributed by atoms with Gasteiger partial charge in [-0.2, -0.15) is 0 Å². The second-order valence-electron chi connectivity index (χ2n) is 3.71. The van der Waals surface area contributed by atoms with Gasteiger partial charge in [-0.25, -0.2) is 4.98 Å². The van der Waals surface area contributed by atoms with Crippen LogP contribution in [0.5, 0.6) is 0 Å². The Morgan fingerprint density at radius 3 is 2.93 bits per heavy atom. The molecule has 0 radical (unpaired) electrons. The largest absolute Gasteiger partial charge is 0.323 e. The Hall–Kier alpha value is -0.350. The van der Waals surface area contributed by atoms with Gasteiger partial charge in [0.15, 0.2) is 0 Å². The minimum Gasteiger partial charge on any atom is -0.323 e. The highest BCUT2D eigenvalue weighted by Crippen LogP contribution is 2.26. The number of piperidine rings is 1. The zero-order valence-corrected chi connectivity index (χ0v) is 10.0. The molecule has 1 saturated heterocycles. The van der Waals surface area contributed by atoms with Crippen LogP contribution in [0.2, 0.25) is 0 Å². The number of rotatable bonds is 2. The van der Waals surface area contributed by atoms with E-state index >= 15 is 0 Å². The predicted molar refractivity (Wildman–Crippen MR) is 60.4 cm³/mol. The van der Waals surface area contributed by atoms with Crippen molar-refractivity contribution in [3.8, 4) is 0 Å². The first-order valence-electron chi connectivity index (χ1n) is 5.24. The number of aromatic nitrogens is 2. The molecule has 1 fully saturated rings. The average molecular weight is 258 g/mol. The highest BCUT2D eigenvalue weighted by Gasteiger charge is 2.20. The van der Waals surface area contributed by atoms with Gasteiger partial charge in [-0.15, -0.1) is 0 Å². The number of imidazole rings is 1. The average Bonchev–Trinajstić information content (AvgIpc) is 2.61. The van der Waals surface area contributed by atoms with Crippen molar-refractivity contribution in [2.24, 2.45) is 0 Å². The van der Waals surface area contributed by atoms with E-state index in [2.05, 4.69) is 37.7 Å². The summed E-state index contributed by atoms with van der Waals surface area (Å²) >= 11 is 3.53. The lowest BCUT2D eigenvalue weighted by Crippen LogP contribution is -2.28. The Labute approximate surface area is 93.0 Å². The van der Waals surface area contributed by atoms with Gasteiger partial charge < -0.3 is 9.88 Å². The van der Waals surface area contributed by atoms with Gasteiger partial charge in [0, 0.05) is 12.5 Å². The zero-order valence-electron chi connectivity index (χ0n) is 8.46. The lowest BCUT2D eigenvalue weighted by atomic mass is 9.97. The van der Waals surface area contributed by atoms with Crippen molar-refractivity contribution in [3.05, 3.63) is 16.6 Å². The molecule has 78 valence electrons. The fourth-order valence-corrected chi connectivity index (χ4v) is 2.62. The summed E-state index contributed by atoms with van der Waals surface area (Å²) in [4.78, 5) is 4.50. The van der Waals surface area contributed by atoms with Gasteiger partial charge in [-0.05, 0) is 48.8 Å². The SMILES string of the molecule is CCn1c(Br)cnc1C1CCNCC1. The van der Waals surface area contributed by atoms with Crippen LogP contribution in [0.4, 0.5) is 0 Å². The molecule has 0 aliphatic carbocycles. The lowest BCUT2D eigenvalue weighted by Gasteiger charge is -2.22. The second kappa shape index (κ2) is 4.45. The fourth-order valence-electron chi connectivity index (χ4n) is 2.09. The number of hydrogen-bond acceptors (Lipinski definition) is 2. The van der Waals surface area contributed by atoms with Crippen LogP contribution in [0.1, 0.15) is 31.5 Å². The van der Waals surface area contributed by atoms with Crippen LogP contribution < -0.4 is 5.32 Å². The van der Waals surface area contributed by atoms with Crippen LogP contribution in [-0.4, -0.2) is 22.6 Å². The first-order chi connectivity index (χ1) is 6.83. The normalized spacial score (nSPS) is 18.7. The predicted octanol–water partition coefficient (Wildman–Crippen LogP) is 2.13. The third kappa shape index (κ3) is 1.86. The van der Waals surface area contributed by atoms with Gasteiger partial charge in [0.2, 0.25) is 0 Å². The quantitative estimate of drug-likeness (QED) is 0.880. The summed E-state index contributed by atoms with van der Waals surface area (Å²) in [5.74, 6) is 1.89. The molecule has 2 rings (SSSR count). The molecule has 0 amide bonds. The van der Waals surface area contributed by atoms with Crippen LogP contribution in [0, 0.1) is 0 Å². The van der Waals surface area contributed by atoms with E-state index in [4.69, 9.17) is 0 Å². The van der Waals surface area contributed by atoms with E-state index in [-0.39, 0.29) is 0 Å². The first kappa shape index (κ1) is 10.2. The summed E-state index contributed by atoms with van der Waals surface area (Å²) in [6.45, 7) is 5.41. The molecule has 1 aromatic rings. The molecule has 0 aromatic carbocycles. The van der Waals surface area contributed by atoms with Gasteiger partial charge in [0.05, 0.1) is 6.20 Å². The molecule has 1 aliphatic heterocycles. The topological polar surface area (TPSA) is 29.9 Å². The van der Waals surface area contributed by atoms with E-state index in [1.54, 1.807) is 0 Å². The summed E-state index contributed by atoms with van der Waals surface area (Å²) < 4.78 is 3.37. The molecule has 0 saturated carbocycles. The molecule has 4 heteroatoms. The number of hydrogen-bond donors (Lipinski definition) is 1. The van der Waals surface area contributed by atoms with Gasteiger partial charge in [0.1, 0.15) is 10.4 Å². The summed E-state index contributed by atoms with van der Waals surface area (Å²) in [7, 11) is 0. The van der Waals surface area contributed by atoms with E-state index in [1.807, 2.05) is 6.20 Å².